The number of amides is 2. The first kappa shape index (κ1) is 21.2. The molecular formula is C29H19N5O3. The van der Waals surface area contributed by atoms with Gasteiger partial charge in [-0.3, -0.25) is 14.5 Å². The normalized spacial score (nSPS) is 13.1. The number of imide groups is 1. The molecule has 37 heavy (non-hydrogen) atoms. The lowest BCUT2D eigenvalue weighted by Crippen LogP contribution is -2.31. The van der Waals surface area contributed by atoms with Gasteiger partial charge in [0, 0.05) is 24.1 Å². The Morgan fingerprint density at radius 3 is 2.05 bits per heavy atom. The first-order chi connectivity index (χ1) is 18.2. The molecule has 4 heterocycles. The Labute approximate surface area is 210 Å². The monoisotopic (exact) mass is 485 g/mol. The smallest absolute Gasteiger partial charge is 0.261 e. The predicted octanol–water partition coefficient (Wildman–Crippen LogP) is 5.04. The molecule has 0 bridgehead atoms. The van der Waals surface area contributed by atoms with E-state index in [0.29, 0.717) is 40.5 Å². The van der Waals surface area contributed by atoms with Crippen molar-refractivity contribution in [2.45, 2.75) is 6.42 Å². The van der Waals surface area contributed by atoms with Crippen molar-refractivity contribution in [3.8, 4) is 22.5 Å². The highest BCUT2D eigenvalue weighted by Gasteiger charge is 2.35. The summed E-state index contributed by atoms with van der Waals surface area (Å²) < 4.78 is 7.89. The van der Waals surface area contributed by atoms with Crippen molar-refractivity contribution >= 4 is 28.6 Å². The number of aromatic nitrogens is 4. The van der Waals surface area contributed by atoms with Gasteiger partial charge in [0.15, 0.2) is 11.5 Å². The Morgan fingerprint density at radius 1 is 0.757 bits per heavy atom. The topological polar surface area (TPSA) is 93.6 Å². The molecule has 1 aliphatic heterocycles. The van der Waals surface area contributed by atoms with Crippen molar-refractivity contribution in [1.82, 2.24) is 24.5 Å². The number of hydrogen-bond donors (Lipinski definition) is 0. The minimum atomic E-state index is -0.290. The van der Waals surface area contributed by atoms with Gasteiger partial charge >= 0.3 is 0 Å². The number of carbonyl (C=O) groups is 2. The molecule has 7 rings (SSSR count). The van der Waals surface area contributed by atoms with E-state index in [2.05, 4.69) is 10.1 Å². The molecule has 0 radical (unpaired) electrons. The third-order valence-electron chi connectivity index (χ3n) is 6.61. The third-order valence-corrected chi connectivity index (χ3v) is 6.61. The number of fused-ring (bicyclic) bond motifs is 4. The summed E-state index contributed by atoms with van der Waals surface area (Å²) in [7, 11) is 0. The summed E-state index contributed by atoms with van der Waals surface area (Å²) in [4.78, 5) is 36.1. The molecule has 0 saturated heterocycles. The summed E-state index contributed by atoms with van der Waals surface area (Å²) in [6, 6.07) is 26.7. The van der Waals surface area contributed by atoms with Crippen LogP contribution in [0.3, 0.4) is 0 Å². The molecule has 6 aromatic rings. The van der Waals surface area contributed by atoms with Crippen LogP contribution in [0.15, 0.2) is 95.7 Å². The van der Waals surface area contributed by atoms with Gasteiger partial charge in [0.1, 0.15) is 12.1 Å². The number of carbonyl (C=O) groups excluding carboxylic acids is 2. The van der Waals surface area contributed by atoms with Gasteiger partial charge in [-0.2, -0.15) is 0 Å². The van der Waals surface area contributed by atoms with Gasteiger partial charge in [0.25, 0.3) is 11.8 Å². The zero-order chi connectivity index (χ0) is 24.9. The zero-order valence-corrected chi connectivity index (χ0v) is 19.5. The summed E-state index contributed by atoms with van der Waals surface area (Å²) in [6.07, 6.45) is 1.89. The highest BCUT2D eigenvalue weighted by Crippen LogP contribution is 2.41. The van der Waals surface area contributed by atoms with Gasteiger partial charge in [-0.25, -0.2) is 14.5 Å². The Bertz CT molecular complexity index is 1790. The van der Waals surface area contributed by atoms with Crippen LogP contribution in [0.2, 0.25) is 0 Å². The highest BCUT2D eigenvalue weighted by molar-refractivity contribution is 6.21. The molecule has 0 unspecified atom stereocenters. The number of hydrogen-bond acceptors (Lipinski definition) is 6. The molecule has 1 aliphatic rings. The van der Waals surface area contributed by atoms with Crippen LogP contribution in [0.4, 0.5) is 0 Å². The van der Waals surface area contributed by atoms with Gasteiger partial charge in [-0.15, -0.1) is 5.10 Å². The van der Waals surface area contributed by atoms with Crippen LogP contribution < -0.4 is 0 Å². The van der Waals surface area contributed by atoms with E-state index in [9.17, 15) is 9.59 Å². The highest BCUT2D eigenvalue weighted by atomic mass is 16.3. The maximum Gasteiger partial charge on any atom is 0.261 e. The molecule has 3 aromatic heterocycles. The molecule has 3 aromatic carbocycles. The summed E-state index contributed by atoms with van der Waals surface area (Å²) in [5, 5.41) is 5.35. The fourth-order valence-electron chi connectivity index (χ4n) is 4.88. The molecule has 0 N–H and O–H groups in total. The van der Waals surface area contributed by atoms with Gasteiger partial charge in [0.2, 0.25) is 5.71 Å². The van der Waals surface area contributed by atoms with Crippen LogP contribution in [0.25, 0.3) is 39.2 Å². The Balaban J connectivity index is 1.31. The summed E-state index contributed by atoms with van der Waals surface area (Å²) >= 11 is 0. The summed E-state index contributed by atoms with van der Waals surface area (Å²) in [6.45, 7) is 0.187. The van der Waals surface area contributed by atoms with E-state index in [1.165, 1.54) is 4.90 Å². The maximum absolute atomic E-state index is 12.8. The standard InChI is InChI=1S/C29H19N5O3/c35-28-20-13-7-8-14-21(20)29(36)33(28)16-15-22-31-26-24-23(18-9-3-1-4-10-18)25(19-11-5-2-6-12-19)37-27(24)30-17-34(26)32-22/h1-14,17H,15-16H2. The third kappa shape index (κ3) is 3.34. The van der Waals surface area contributed by atoms with Crippen LogP contribution in [-0.2, 0) is 6.42 Å². The molecule has 0 spiro atoms. The zero-order valence-electron chi connectivity index (χ0n) is 19.5. The van der Waals surface area contributed by atoms with Crippen LogP contribution in [0, 0.1) is 0 Å². The quantitative estimate of drug-likeness (QED) is 0.318. The van der Waals surface area contributed by atoms with Gasteiger partial charge in [0.05, 0.1) is 16.5 Å². The molecule has 0 fully saturated rings. The van der Waals surface area contributed by atoms with Crippen molar-refractivity contribution in [1.29, 1.82) is 0 Å². The Morgan fingerprint density at radius 2 is 1.38 bits per heavy atom. The van der Waals surface area contributed by atoms with Crippen molar-refractivity contribution in [3.63, 3.8) is 0 Å². The average molecular weight is 486 g/mol. The second-order valence-corrected chi connectivity index (χ2v) is 8.82. The van der Waals surface area contributed by atoms with Crippen LogP contribution in [-0.4, -0.2) is 42.8 Å². The van der Waals surface area contributed by atoms with Crippen LogP contribution in [0.5, 0.6) is 0 Å². The molecule has 8 heteroatoms. The van der Waals surface area contributed by atoms with E-state index < -0.39 is 0 Å². The van der Waals surface area contributed by atoms with Crippen molar-refractivity contribution in [3.05, 3.63) is 108 Å². The lowest BCUT2D eigenvalue weighted by molar-refractivity contribution is 0.0655. The van der Waals surface area contributed by atoms with E-state index >= 15 is 0 Å². The Hall–Kier alpha value is -5.11. The SMILES string of the molecule is O=C1c2ccccc2C(=O)N1CCc1nc2c3c(-c4ccccc4)c(-c4ccccc4)oc3ncn2n1. The average Bonchev–Trinajstić information content (AvgIpc) is 3.61. The fraction of sp³-hybridized carbons (Fsp3) is 0.0690. The number of furan rings is 1. The van der Waals surface area contributed by atoms with Gasteiger partial charge < -0.3 is 4.42 Å². The molecule has 0 saturated carbocycles. The largest absolute Gasteiger partial charge is 0.437 e. The number of rotatable bonds is 5. The van der Waals surface area contributed by atoms with E-state index in [-0.39, 0.29) is 18.4 Å². The first-order valence-corrected chi connectivity index (χ1v) is 11.9. The first-order valence-electron chi connectivity index (χ1n) is 11.9. The van der Waals surface area contributed by atoms with E-state index in [1.807, 2.05) is 60.7 Å². The van der Waals surface area contributed by atoms with Crippen LogP contribution >= 0.6 is 0 Å². The van der Waals surface area contributed by atoms with Gasteiger partial charge in [-0.1, -0.05) is 72.8 Å². The lowest BCUT2D eigenvalue weighted by Gasteiger charge is -2.11. The fourth-order valence-corrected chi connectivity index (χ4v) is 4.88. The van der Waals surface area contributed by atoms with E-state index in [1.54, 1.807) is 35.1 Å². The Kier molecular flexibility index (Phi) is 4.72. The number of nitrogens with zero attached hydrogens (tertiary/aromatic N) is 5. The molecule has 8 nitrogen and oxygen atoms in total. The second kappa shape index (κ2) is 8.23. The van der Waals surface area contributed by atoms with Gasteiger partial charge in [-0.05, 0) is 17.7 Å². The minimum Gasteiger partial charge on any atom is -0.437 e. The minimum absolute atomic E-state index is 0.187. The molecule has 0 atom stereocenters. The van der Waals surface area contributed by atoms with Crippen molar-refractivity contribution < 1.29 is 14.0 Å². The predicted molar refractivity (Wildman–Crippen MR) is 137 cm³/mol. The molecular weight excluding hydrogens is 466 g/mol. The van der Waals surface area contributed by atoms with Crippen molar-refractivity contribution in [2.24, 2.45) is 0 Å². The van der Waals surface area contributed by atoms with E-state index in [0.717, 1.165) is 22.1 Å². The van der Waals surface area contributed by atoms with E-state index in [4.69, 9.17) is 9.40 Å². The molecule has 2 amide bonds. The number of benzene rings is 3. The molecule has 178 valence electrons. The molecule has 0 aliphatic carbocycles. The van der Waals surface area contributed by atoms with Crippen molar-refractivity contribution in [2.75, 3.05) is 6.54 Å². The summed E-state index contributed by atoms with van der Waals surface area (Å²) in [5.74, 6) is 0.634. The maximum atomic E-state index is 12.8. The second-order valence-electron chi connectivity index (χ2n) is 8.82. The summed E-state index contributed by atoms with van der Waals surface area (Å²) in [5.41, 5.74) is 4.73. The van der Waals surface area contributed by atoms with Crippen LogP contribution in [0.1, 0.15) is 26.5 Å². The lowest BCUT2D eigenvalue weighted by atomic mass is 9.99.